The monoisotopic (exact) mass is 349 g/mol. The largest absolute Gasteiger partial charge is 0.493 e. The smallest absolute Gasteiger partial charge is 0.315 e. The molecule has 0 amide bonds. The Bertz CT molecular complexity index is 620. The van der Waals surface area contributed by atoms with Crippen LogP contribution in [0.15, 0.2) is 18.2 Å². The maximum Gasteiger partial charge on any atom is 0.315 e. The second kappa shape index (κ2) is 7.62. The summed E-state index contributed by atoms with van der Waals surface area (Å²) < 4.78 is 11.2. The van der Waals surface area contributed by atoms with Gasteiger partial charge in [0.1, 0.15) is 12.0 Å². The molecule has 0 aromatic heterocycles. The van der Waals surface area contributed by atoms with Crippen molar-refractivity contribution in [3.63, 3.8) is 0 Å². The Morgan fingerprint density at radius 3 is 2.88 bits per heavy atom. The molecular formula is C19H27NO5. The molecule has 6 nitrogen and oxygen atoms in total. The normalized spacial score (nSPS) is 25.1. The van der Waals surface area contributed by atoms with Crippen LogP contribution >= 0.6 is 0 Å². The summed E-state index contributed by atoms with van der Waals surface area (Å²) in [5.74, 6) is 0.491. The number of methoxy groups -OCH3 is 1. The van der Waals surface area contributed by atoms with Gasteiger partial charge >= 0.3 is 5.97 Å². The summed E-state index contributed by atoms with van der Waals surface area (Å²) >= 11 is 0. The number of carbonyl (C=O) groups is 1. The van der Waals surface area contributed by atoms with Gasteiger partial charge in [-0.05, 0) is 25.5 Å². The predicted octanol–water partition coefficient (Wildman–Crippen LogP) is 2.11. The zero-order valence-electron chi connectivity index (χ0n) is 14.7. The average molecular weight is 349 g/mol. The third-order valence-electron chi connectivity index (χ3n) is 5.50. The number of hydrogen-bond donors (Lipinski definition) is 2. The second-order valence-electron chi connectivity index (χ2n) is 7.05. The first kappa shape index (κ1) is 18.0. The van der Waals surface area contributed by atoms with Crippen LogP contribution in [0.4, 0.5) is 0 Å². The van der Waals surface area contributed by atoms with Gasteiger partial charge in [-0.15, -0.1) is 0 Å². The SMILES string of the molecule is COc1cccc2c1OC[C@@]1(C(=O)O)CN(CCCCCCO)C[C@@H]21. The number of rotatable bonds is 8. The number of carboxylic acid groups (broad SMARTS) is 1. The van der Waals surface area contributed by atoms with Gasteiger partial charge in [0.05, 0.1) is 7.11 Å². The summed E-state index contributed by atoms with van der Waals surface area (Å²) in [6.07, 6.45) is 3.93. The van der Waals surface area contributed by atoms with E-state index in [1.54, 1.807) is 7.11 Å². The summed E-state index contributed by atoms with van der Waals surface area (Å²) in [6, 6.07) is 5.71. The molecule has 3 rings (SSSR count). The highest BCUT2D eigenvalue weighted by Crippen LogP contribution is 2.52. The summed E-state index contributed by atoms with van der Waals surface area (Å²) in [5.41, 5.74) is 0.0561. The quantitative estimate of drug-likeness (QED) is 0.700. The molecule has 2 heterocycles. The van der Waals surface area contributed by atoms with Crippen LogP contribution in [0.25, 0.3) is 0 Å². The van der Waals surface area contributed by atoms with Gasteiger partial charge in [-0.1, -0.05) is 25.0 Å². The Hall–Kier alpha value is -1.79. The van der Waals surface area contributed by atoms with E-state index in [1.807, 2.05) is 18.2 Å². The molecule has 6 heteroatoms. The zero-order chi connectivity index (χ0) is 17.9. The maximum atomic E-state index is 12.1. The number of fused-ring (bicyclic) bond motifs is 3. The molecular weight excluding hydrogens is 322 g/mol. The van der Waals surface area contributed by atoms with Crippen LogP contribution in [0.5, 0.6) is 11.5 Å². The van der Waals surface area contributed by atoms with Crippen LogP contribution in [0.2, 0.25) is 0 Å². The highest BCUT2D eigenvalue weighted by atomic mass is 16.5. The Balaban J connectivity index is 1.76. The fourth-order valence-electron chi connectivity index (χ4n) is 4.12. The van der Waals surface area contributed by atoms with Crippen molar-refractivity contribution in [1.82, 2.24) is 4.90 Å². The van der Waals surface area contributed by atoms with E-state index in [0.29, 0.717) is 18.0 Å². The number of aliphatic hydroxyl groups excluding tert-OH is 1. The number of hydrogen-bond acceptors (Lipinski definition) is 5. The lowest BCUT2D eigenvalue weighted by atomic mass is 9.73. The van der Waals surface area contributed by atoms with Gasteiger partial charge in [0, 0.05) is 31.2 Å². The molecule has 0 spiro atoms. The van der Waals surface area contributed by atoms with Gasteiger partial charge in [0.15, 0.2) is 11.5 Å². The molecule has 0 bridgehead atoms. The number of likely N-dealkylation sites (tertiary alicyclic amines) is 1. The van der Waals surface area contributed by atoms with Gasteiger partial charge < -0.3 is 24.6 Å². The first-order valence-electron chi connectivity index (χ1n) is 8.98. The van der Waals surface area contributed by atoms with E-state index in [4.69, 9.17) is 14.6 Å². The lowest BCUT2D eigenvalue weighted by Gasteiger charge is -2.36. The fourth-order valence-corrected chi connectivity index (χ4v) is 4.12. The molecule has 2 aliphatic heterocycles. The summed E-state index contributed by atoms with van der Waals surface area (Å²) in [5, 5.41) is 18.8. The molecule has 2 atom stereocenters. The minimum Gasteiger partial charge on any atom is -0.493 e. The summed E-state index contributed by atoms with van der Waals surface area (Å²) in [6.45, 7) is 2.56. The van der Waals surface area contributed by atoms with Crippen LogP contribution in [-0.2, 0) is 4.79 Å². The van der Waals surface area contributed by atoms with Crippen molar-refractivity contribution in [2.24, 2.45) is 5.41 Å². The molecule has 0 unspecified atom stereocenters. The van der Waals surface area contributed by atoms with Crippen molar-refractivity contribution in [2.45, 2.75) is 31.6 Å². The van der Waals surface area contributed by atoms with Gasteiger partial charge in [0.2, 0.25) is 0 Å². The lowest BCUT2D eigenvalue weighted by molar-refractivity contribution is -0.151. The third-order valence-corrected chi connectivity index (χ3v) is 5.50. The molecule has 1 saturated heterocycles. The number of aliphatic carboxylic acids is 1. The molecule has 25 heavy (non-hydrogen) atoms. The van der Waals surface area contributed by atoms with Gasteiger partial charge in [0.25, 0.3) is 0 Å². The van der Waals surface area contributed by atoms with E-state index < -0.39 is 11.4 Å². The highest BCUT2D eigenvalue weighted by Gasteiger charge is 2.56. The van der Waals surface area contributed by atoms with Crippen molar-refractivity contribution in [3.8, 4) is 11.5 Å². The van der Waals surface area contributed by atoms with Crippen LogP contribution < -0.4 is 9.47 Å². The van der Waals surface area contributed by atoms with Crippen LogP contribution in [0.1, 0.15) is 37.2 Å². The number of nitrogens with zero attached hydrogens (tertiary/aromatic N) is 1. The predicted molar refractivity (Wildman–Crippen MR) is 93.3 cm³/mol. The molecule has 1 aromatic rings. The van der Waals surface area contributed by atoms with E-state index in [1.165, 1.54) is 0 Å². The molecule has 138 valence electrons. The van der Waals surface area contributed by atoms with E-state index in [-0.39, 0.29) is 19.1 Å². The second-order valence-corrected chi connectivity index (χ2v) is 7.05. The summed E-state index contributed by atoms with van der Waals surface area (Å²) in [4.78, 5) is 14.4. The van der Waals surface area contributed by atoms with Crippen molar-refractivity contribution < 1.29 is 24.5 Å². The lowest BCUT2D eigenvalue weighted by Crippen LogP contribution is -2.45. The zero-order valence-corrected chi connectivity index (χ0v) is 14.7. The Labute approximate surface area is 148 Å². The minimum atomic E-state index is -0.884. The van der Waals surface area contributed by atoms with E-state index in [0.717, 1.165) is 44.3 Å². The number of unbranched alkanes of at least 4 members (excludes halogenated alkanes) is 3. The number of carboxylic acids is 1. The highest BCUT2D eigenvalue weighted by molar-refractivity contribution is 5.78. The molecule has 2 aliphatic rings. The molecule has 1 aromatic carbocycles. The van der Waals surface area contributed by atoms with Gasteiger partial charge in [-0.3, -0.25) is 4.79 Å². The standard InChI is InChI=1S/C19H27NO5/c1-24-16-8-6-7-14-15-11-20(9-4-2-3-5-10-21)12-19(15,18(22)23)13-25-17(14)16/h6-8,15,21H,2-5,9-13H2,1H3,(H,22,23)/t15-,19-/m0/s1. The van der Waals surface area contributed by atoms with Gasteiger partial charge in [-0.25, -0.2) is 0 Å². The van der Waals surface area contributed by atoms with Crippen LogP contribution in [0.3, 0.4) is 0 Å². The summed E-state index contributed by atoms with van der Waals surface area (Å²) in [7, 11) is 1.60. The molecule has 0 radical (unpaired) electrons. The van der Waals surface area contributed by atoms with Crippen molar-refractivity contribution in [2.75, 3.05) is 40.0 Å². The Morgan fingerprint density at radius 2 is 2.16 bits per heavy atom. The van der Waals surface area contributed by atoms with E-state index >= 15 is 0 Å². The topological polar surface area (TPSA) is 79.2 Å². The van der Waals surface area contributed by atoms with Gasteiger partial charge in [-0.2, -0.15) is 0 Å². The average Bonchev–Trinajstić information content (AvgIpc) is 3.01. The molecule has 2 N–H and O–H groups in total. The van der Waals surface area contributed by atoms with Crippen LogP contribution in [0, 0.1) is 5.41 Å². The Kier molecular flexibility index (Phi) is 5.49. The third kappa shape index (κ3) is 3.33. The first-order chi connectivity index (χ1) is 12.1. The van der Waals surface area contributed by atoms with E-state index in [9.17, 15) is 9.90 Å². The van der Waals surface area contributed by atoms with Crippen LogP contribution in [-0.4, -0.2) is 61.0 Å². The van der Waals surface area contributed by atoms with Crippen molar-refractivity contribution in [1.29, 1.82) is 0 Å². The molecule has 1 fully saturated rings. The number of ether oxygens (including phenoxy) is 2. The van der Waals surface area contributed by atoms with Crippen molar-refractivity contribution >= 4 is 5.97 Å². The van der Waals surface area contributed by atoms with E-state index in [2.05, 4.69) is 4.90 Å². The fraction of sp³-hybridized carbons (Fsp3) is 0.632. The van der Waals surface area contributed by atoms with Crippen molar-refractivity contribution in [3.05, 3.63) is 23.8 Å². The number of benzene rings is 1. The first-order valence-corrected chi connectivity index (χ1v) is 8.98. The maximum absolute atomic E-state index is 12.1. The molecule has 0 saturated carbocycles. The Morgan fingerprint density at radius 1 is 1.36 bits per heavy atom. The minimum absolute atomic E-state index is 0.0821. The number of para-hydroxylation sites is 1. The number of aliphatic hydroxyl groups is 1. The molecule has 0 aliphatic carbocycles.